The number of nitrogens with zero attached hydrogens (tertiary/aromatic N) is 2. The van der Waals surface area contributed by atoms with Crippen LogP contribution in [0.5, 0.6) is 0 Å². The van der Waals surface area contributed by atoms with E-state index in [1.54, 1.807) is 0 Å². The van der Waals surface area contributed by atoms with E-state index < -0.39 is 0 Å². The molecule has 1 aromatic rings. The molecule has 0 unspecified atom stereocenters. The third kappa shape index (κ3) is 3.85. The number of piperazine rings is 1. The molecule has 1 N–H and O–H groups in total. The molecule has 3 rings (SSSR count). The Hall–Kier alpha value is -1.43. The SMILES string of the molecule is Cc1cccc(CN2CCN(C(=O)[C@@H]3CNCCO3)CC2)c1. The number of carbonyl (C=O) groups excluding carboxylic acids is 1. The van der Waals surface area contributed by atoms with Gasteiger partial charge in [0.05, 0.1) is 6.61 Å². The summed E-state index contributed by atoms with van der Waals surface area (Å²) in [6, 6.07) is 8.64. The molecule has 1 aromatic carbocycles. The second-order valence-corrected chi connectivity index (χ2v) is 6.15. The molecule has 5 heteroatoms. The molecule has 0 aromatic heterocycles. The van der Waals surface area contributed by atoms with E-state index in [-0.39, 0.29) is 12.0 Å². The van der Waals surface area contributed by atoms with Gasteiger partial charge in [-0.05, 0) is 12.5 Å². The lowest BCUT2D eigenvalue weighted by atomic mass is 10.1. The van der Waals surface area contributed by atoms with Crippen LogP contribution < -0.4 is 5.32 Å². The Labute approximate surface area is 132 Å². The predicted molar refractivity (Wildman–Crippen MR) is 85.6 cm³/mol. The summed E-state index contributed by atoms with van der Waals surface area (Å²) in [6.45, 7) is 8.65. The van der Waals surface area contributed by atoms with Crippen LogP contribution in [0.2, 0.25) is 0 Å². The van der Waals surface area contributed by atoms with Gasteiger partial charge < -0.3 is 15.0 Å². The van der Waals surface area contributed by atoms with Crippen molar-refractivity contribution >= 4 is 5.91 Å². The Morgan fingerprint density at radius 1 is 1.32 bits per heavy atom. The second kappa shape index (κ2) is 7.22. The van der Waals surface area contributed by atoms with Crippen molar-refractivity contribution in [3.63, 3.8) is 0 Å². The van der Waals surface area contributed by atoms with Crippen LogP contribution >= 0.6 is 0 Å². The van der Waals surface area contributed by atoms with Crippen molar-refractivity contribution in [3.8, 4) is 0 Å². The van der Waals surface area contributed by atoms with Gasteiger partial charge >= 0.3 is 0 Å². The summed E-state index contributed by atoms with van der Waals surface area (Å²) in [5.74, 6) is 0.141. The first kappa shape index (κ1) is 15.5. The molecule has 2 aliphatic rings. The molecule has 2 heterocycles. The number of morpholine rings is 1. The Bertz CT molecular complexity index is 506. The lowest BCUT2D eigenvalue weighted by molar-refractivity contribution is -0.147. The Morgan fingerprint density at radius 2 is 2.14 bits per heavy atom. The lowest BCUT2D eigenvalue weighted by Gasteiger charge is -2.37. The van der Waals surface area contributed by atoms with Crippen LogP contribution in [-0.4, -0.2) is 67.7 Å². The molecule has 0 spiro atoms. The van der Waals surface area contributed by atoms with Crippen molar-refractivity contribution < 1.29 is 9.53 Å². The van der Waals surface area contributed by atoms with Gasteiger partial charge in [-0.25, -0.2) is 0 Å². The number of carbonyl (C=O) groups is 1. The topological polar surface area (TPSA) is 44.8 Å². The maximum atomic E-state index is 12.4. The Kier molecular flexibility index (Phi) is 5.08. The van der Waals surface area contributed by atoms with Gasteiger partial charge in [-0.1, -0.05) is 29.8 Å². The van der Waals surface area contributed by atoms with Crippen molar-refractivity contribution in [2.24, 2.45) is 0 Å². The average molecular weight is 303 g/mol. The van der Waals surface area contributed by atoms with Gasteiger partial charge in [-0.2, -0.15) is 0 Å². The van der Waals surface area contributed by atoms with Crippen LogP contribution in [0.15, 0.2) is 24.3 Å². The van der Waals surface area contributed by atoms with Crippen molar-refractivity contribution in [3.05, 3.63) is 35.4 Å². The zero-order valence-corrected chi connectivity index (χ0v) is 13.3. The van der Waals surface area contributed by atoms with Crippen molar-refractivity contribution in [1.29, 1.82) is 0 Å². The van der Waals surface area contributed by atoms with Gasteiger partial charge in [0.15, 0.2) is 0 Å². The van der Waals surface area contributed by atoms with E-state index in [9.17, 15) is 4.79 Å². The zero-order valence-electron chi connectivity index (χ0n) is 13.3. The molecule has 2 aliphatic heterocycles. The molecule has 120 valence electrons. The summed E-state index contributed by atoms with van der Waals surface area (Å²) < 4.78 is 5.56. The van der Waals surface area contributed by atoms with Gasteiger partial charge in [0.2, 0.25) is 0 Å². The van der Waals surface area contributed by atoms with Crippen molar-refractivity contribution in [2.75, 3.05) is 45.9 Å². The van der Waals surface area contributed by atoms with E-state index in [1.165, 1.54) is 11.1 Å². The van der Waals surface area contributed by atoms with E-state index in [0.717, 1.165) is 39.3 Å². The van der Waals surface area contributed by atoms with E-state index >= 15 is 0 Å². The minimum atomic E-state index is -0.294. The van der Waals surface area contributed by atoms with Gasteiger partial charge in [0, 0.05) is 45.8 Å². The predicted octanol–water partition coefficient (Wildman–Crippen LogP) is 0.628. The molecule has 1 atom stereocenters. The summed E-state index contributed by atoms with van der Waals surface area (Å²) in [5, 5.41) is 3.22. The number of benzene rings is 1. The second-order valence-electron chi connectivity index (χ2n) is 6.15. The first-order valence-electron chi connectivity index (χ1n) is 8.11. The van der Waals surface area contributed by atoms with Crippen LogP contribution in [0, 0.1) is 6.92 Å². The molecule has 22 heavy (non-hydrogen) atoms. The fourth-order valence-electron chi connectivity index (χ4n) is 3.12. The molecule has 2 saturated heterocycles. The highest BCUT2D eigenvalue weighted by atomic mass is 16.5. The number of hydrogen-bond acceptors (Lipinski definition) is 4. The number of nitrogens with one attached hydrogen (secondary N) is 1. The zero-order chi connectivity index (χ0) is 15.4. The Balaban J connectivity index is 1.48. The van der Waals surface area contributed by atoms with Gasteiger partial charge in [0.25, 0.3) is 5.91 Å². The monoisotopic (exact) mass is 303 g/mol. The molecular formula is C17H25N3O2. The first-order chi connectivity index (χ1) is 10.7. The standard InChI is InChI=1S/C17H25N3O2/c1-14-3-2-4-15(11-14)13-19-6-8-20(9-7-19)17(21)16-12-18-5-10-22-16/h2-4,11,16,18H,5-10,12-13H2,1H3/t16-/m0/s1. The number of ether oxygens (including phenoxy) is 1. The van der Waals surface area contributed by atoms with Crippen LogP contribution in [0.3, 0.4) is 0 Å². The van der Waals surface area contributed by atoms with Crippen LogP contribution in [0.4, 0.5) is 0 Å². The molecule has 5 nitrogen and oxygen atoms in total. The van der Waals surface area contributed by atoms with E-state index in [1.807, 2.05) is 4.90 Å². The highest BCUT2D eigenvalue weighted by Crippen LogP contribution is 2.12. The van der Waals surface area contributed by atoms with Gasteiger partial charge in [-0.15, -0.1) is 0 Å². The fraction of sp³-hybridized carbons (Fsp3) is 0.588. The molecular weight excluding hydrogens is 278 g/mol. The lowest BCUT2D eigenvalue weighted by Crippen LogP contribution is -2.54. The number of rotatable bonds is 3. The molecule has 0 aliphatic carbocycles. The van der Waals surface area contributed by atoms with E-state index in [0.29, 0.717) is 13.2 Å². The quantitative estimate of drug-likeness (QED) is 0.889. The largest absolute Gasteiger partial charge is 0.366 e. The van der Waals surface area contributed by atoms with Crippen LogP contribution in [-0.2, 0) is 16.1 Å². The first-order valence-corrected chi connectivity index (χ1v) is 8.11. The fourth-order valence-corrected chi connectivity index (χ4v) is 3.12. The summed E-state index contributed by atoms with van der Waals surface area (Å²) >= 11 is 0. The van der Waals surface area contributed by atoms with Gasteiger partial charge in [0.1, 0.15) is 6.10 Å². The molecule has 0 radical (unpaired) electrons. The van der Waals surface area contributed by atoms with E-state index in [2.05, 4.69) is 41.4 Å². The van der Waals surface area contributed by atoms with E-state index in [4.69, 9.17) is 4.74 Å². The molecule has 2 fully saturated rings. The van der Waals surface area contributed by atoms with Gasteiger partial charge in [-0.3, -0.25) is 9.69 Å². The normalized spacial score (nSPS) is 23.5. The maximum Gasteiger partial charge on any atom is 0.253 e. The highest BCUT2D eigenvalue weighted by Gasteiger charge is 2.29. The Morgan fingerprint density at radius 3 is 2.82 bits per heavy atom. The minimum Gasteiger partial charge on any atom is -0.366 e. The van der Waals surface area contributed by atoms with Crippen molar-refractivity contribution in [2.45, 2.75) is 19.6 Å². The average Bonchev–Trinajstić information content (AvgIpc) is 2.56. The summed E-state index contributed by atoms with van der Waals surface area (Å²) in [7, 11) is 0. The summed E-state index contributed by atoms with van der Waals surface area (Å²) in [5.41, 5.74) is 2.65. The summed E-state index contributed by atoms with van der Waals surface area (Å²) in [4.78, 5) is 16.8. The number of hydrogen-bond donors (Lipinski definition) is 1. The maximum absolute atomic E-state index is 12.4. The summed E-state index contributed by atoms with van der Waals surface area (Å²) in [6.07, 6.45) is -0.294. The third-order valence-electron chi connectivity index (χ3n) is 4.38. The molecule has 0 bridgehead atoms. The molecule has 0 saturated carbocycles. The van der Waals surface area contributed by atoms with Crippen LogP contribution in [0.1, 0.15) is 11.1 Å². The van der Waals surface area contributed by atoms with Crippen LogP contribution in [0.25, 0.3) is 0 Å². The van der Waals surface area contributed by atoms with Crippen molar-refractivity contribution in [1.82, 2.24) is 15.1 Å². The minimum absolute atomic E-state index is 0.141. The highest BCUT2D eigenvalue weighted by molar-refractivity contribution is 5.81. The number of aryl methyl sites for hydroxylation is 1. The smallest absolute Gasteiger partial charge is 0.253 e. The third-order valence-corrected chi connectivity index (χ3v) is 4.38. The number of amides is 1. The molecule has 1 amide bonds.